The van der Waals surface area contributed by atoms with Gasteiger partial charge < -0.3 is 9.15 Å². The summed E-state index contributed by atoms with van der Waals surface area (Å²) in [5.41, 5.74) is 2.25. The average Bonchev–Trinajstić information content (AvgIpc) is 3.26. The third-order valence-corrected chi connectivity index (χ3v) is 5.36. The van der Waals surface area contributed by atoms with Crippen LogP contribution in [0.5, 0.6) is 0 Å². The van der Waals surface area contributed by atoms with Crippen LogP contribution in [0.2, 0.25) is 0 Å². The second-order valence-electron chi connectivity index (χ2n) is 6.54. The standard InChI is InChI=1S/C20H22N2O2S/c1-14-11-22(13-18(23-14)16-7-4-3-5-8-16)12-17-15(2)24-20(21-17)19-9-6-10-25-19/h3-10,14,18H,11-13H2,1-2H3. The molecule has 1 fully saturated rings. The second kappa shape index (κ2) is 7.12. The molecule has 2 aromatic heterocycles. The van der Waals surface area contributed by atoms with Gasteiger partial charge in [-0.3, -0.25) is 4.90 Å². The van der Waals surface area contributed by atoms with Crippen molar-refractivity contribution in [3.63, 3.8) is 0 Å². The molecule has 0 bridgehead atoms. The third kappa shape index (κ3) is 3.68. The van der Waals surface area contributed by atoms with E-state index >= 15 is 0 Å². The first-order valence-electron chi connectivity index (χ1n) is 8.62. The lowest BCUT2D eigenvalue weighted by Crippen LogP contribution is -2.42. The Balaban J connectivity index is 1.50. The van der Waals surface area contributed by atoms with Gasteiger partial charge in [0, 0.05) is 19.6 Å². The van der Waals surface area contributed by atoms with Crippen LogP contribution in [-0.4, -0.2) is 29.1 Å². The van der Waals surface area contributed by atoms with Crippen LogP contribution in [0, 0.1) is 6.92 Å². The van der Waals surface area contributed by atoms with Gasteiger partial charge in [0.05, 0.1) is 22.8 Å². The van der Waals surface area contributed by atoms with Crippen molar-refractivity contribution in [2.24, 2.45) is 0 Å². The van der Waals surface area contributed by atoms with Crippen LogP contribution >= 0.6 is 11.3 Å². The molecule has 1 aliphatic rings. The monoisotopic (exact) mass is 354 g/mol. The molecular formula is C20H22N2O2S. The van der Waals surface area contributed by atoms with Gasteiger partial charge in [-0.1, -0.05) is 36.4 Å². The lowest BCUT2D eigenvalue weighted by Gasteiger charge is -2.36. The first kappa shape index (κ1) is 16.5. The Kier molecular flexibility index (Phi) is 4.70. The number of morpholine rings is 1. The van der Waals surface area contributed by atoms with Gasteiger partial charge in [-0.2, -0.15) is 0 Å². The van der Waals surface area contributed by atoms with Crippen LogP contribution < -0.4 is 0 Å². The SMILES string of the molecule is Cc1oc(-c2cccs2)nc1CN1CC(C)OC(c2ccccc2)C1. The summed E-state index contributed by atoms with van der Waals surface area (Å²) in [7, 11) is 0. The first-order valence-corrected chi connectivity index (χ1v) is 9.50. The molecule has 1 aromatic carbocycles. The van der Waals surface area contributed by atoms with Crippen LogP contribution in [0.3, 0.4) is 0 Å². The maximum Gasteiger partial charge on any atom is 0.236 e. The molecule has 1 saturated heterocycles. The van der Waals surface area contributed by atoms with Gasteiger partial charge in [0.25, 0.3) is 0 Å². The van der Waals surface area contributed by atoms with E-state index in [0.29, 0.717) is 0 Å². The fraction of sp³-hybridized carbons (Fsp3) is 0.350. The molecule has 3 heterocycles. The molecule has 0 spiro atoms. The molecule has 2 unspecified atom stereocenters. The highest BCUT2D eigenvalue weighted by Gasteiger charge is 2.27. The number of oxazole rings is 1. The Labute approximate surface area is 152 Å². The predicted molar refractivity (Wildman–Crippen MR) is 99.6 cm³/mol. The highest BCUT2D eigenvalue weighted by Crippen LogP contribution is 2.29. The molecule has 130 valence electrons. The Morgan fingerprint density at radius 1 is 1.16 bits per heavy atom. The Morgan fingerprint density at radius 3 is 2.76 bits per heavy atom. The summed E-state index contributed by atoms with van der Waals surface area (Å²) in [4.78, 5) is 8.22. The topological polar surface area (TPSA) is 38.5 Å². The molecule has 1 aliphatic heterocycles. The van der Waals surface area contributed by atoms with E-state index in [1.165, 1.54) is 5.56 Å². The molecule has 2 atom stereocenters. The number of thiophene rings is 1. The summed E-state index contributed by atoms with van der Waals surface area (Å²) in [6.07, 6.45) is 0.303. The molecule has 0 saturated carbocycles. The normalized spacial score (nSPS) is 21.5. The summed E-state index contributed by atoms with van der Waals surface area (Å²) in [5, 5.41) is 2.04. The van der Waals surface area contributed by atoms with E-state index in [2.05, 4.69) is 36.1 Å². The van der Waals surface area contributed by atoms with Crippen LogP contribution in [0.15, 0.2) is 52.3 Å². The Bertz CT molecular complexity index is 814. The summed E-state index contributed by atoms with van der Waals surface area (Å²) < 4.78 is 12.0. The largest absolute Gasteiger partial charge is 0.440 e. The van der Waals surface area contributed by atoms with Gasteiger partial charge in [-0.25, -0.2) is 4.98 Å². The van der Waals surface area contributed by atoms with Crippen molar-refractivity contribution < 1.29 is 9.15 Å². The van der Waals surface area contributed by atoms with E-state index < -0.39 is 0 Å². The quantitative estimate of drug-likeness (QED) is 0.682. The van der Waals surface area contributed by atoms with Gasteiger partial charge in [-0.05, 0) is 30.9 Å². The molecular weight excluding hydrogens is 332 g/mol. The minimum absolute atomic E-state index is 0.105. The van der Waals surface area contributed by atoms with E-state index in [9.17, 15) is 0 Å². The van der Waals surface area contributed by atoms with Crippen LogP contribution in [-0.2, 0) is 11.3 Å². The predicted octanol–water partition coefficient (Wildman–Crippen LogP) is 4.67. The maximum absolute atomic E-state index is 6.15. The number of hydrogen-bond acceptors (Lipinski definition) is 5. The summed E-state index contributed by atoms with van der Waals surface area (Å²) in [6.45, 7) is 6.70. The van der Waals surface area contributed by atoms with E-state index in [-0.39, 0.29) is 12.2 Å². The smallest absolute Gasteiger partial charge is 0.236 e. The van der Waals surface area contributed by atoms with E-state index in [4.69, 9.17) is 14.1 Å². The maximum atomic E-state index is 6.15. The fourth-order valence-corrected chi connectivity index (χ4v) is 3.96. The van der Waals surface area contributed by atoms with Crippen molar-refractivity contribution in [2.45, 2.75) is 32.6 Å². The van der Waals surface area contributed by atoms with Crippen molar-refractivity contribution in [3.8, 4) is 10.8 Å². The lowest BCUT2D eigenvalue weighted by atomic mass is 10.1. The van der Waals surface area contributed by atoms with Crippen LogP contribution in [0.4, 0.5) is 0 Å². The van der Waals surface area contributed by atoms with Crippen molar-refractivity contribution in [2.75, 3.05) is 13.1 Å². The van der Waals surface area contributed by atoms with Gasteiger partial charge >= 0.3 is 0 Å². The molecule has 4 nitrogen and oxygen atoms in total. The van der Waals surface area contributed by atoms with Gasteiger partial charge in [0.2, 0.25) is 5.89 Å². The van der Waals surface area contributed by atoms with E-state index in [1.54, 1.807) is 11.3 Å². The Hall–Kier alpha value is -1.95. The summed E-state index contributed by atoms with van der Waals surface area (Å²) in [5.74, 6) is 1.63. The van der Waals surface area contributed by atoms with Crippen molar-refractivity contribution in [1.29, 1.82) is 0 Å². The molecule has 0 aliphatic carbocycles. The molecule has 0 amide bonds. The number of benzene rings is 1. The molecule has 25 heavy (non-hydrogen) atoms. The minimum Gasteiger partial charge on any atom is -0.440 e. The van der Waals surface area contributed by atoms with Gasteiger partial charge in [0.15, 0.2) is 0 Å². The number of nitrogens with zero attached hydrogens (tertiary/aromatic N) is 2. The van der Waals surface area contributed by atoms with Gasteiger partial charge in [-0.15, -0.1) is 11.3 Å². The Morgan fingerprint density at radius 2 is 2.00 bits per heavy atom. The number of rotatable bonds is 4. The second-order valence-corrected chi connectivity index (χ2v) is 7.49. The van der Waals surface area contributed by atoms with Crippen molar-refractivity contribution in [3.05, 3.63) is 64.9 Å². The zero-order valence-corrected chi connectivity index (χ0v) is 15.3. The zero-order chi connectivity index (χ0) is 17.2. The number of hydrogen-bond donors (Lipinski definition) is 0. The number of aryl methyl sites for hydroxylation is 1. The minimum atomic E-state index is 0.105. The first-order chi connectivity index (χ1) is 12.2. The highest BCUT2D eigenvalue weighted by molar-refractivity contribution is 7.13. The zero-order valence-electron chi connectivity index (χ0n) is 14.5. The fourth-order valence-electron chi connectivity index (χ4n) is 3.31. The highest BCUT2D eigenvalue weighted by atomic mass is 32.1. The van der Waals surface area contributed by atoms with Crippen LogP contribution in [0.1, 0.15) is 30.0 Å². The van der Waals surface area contributed by atoms with Gasteiger partial charge in [0.1, 0.15) is 5.76 Å². The number of ether oxygens (including phenoxy) is 1. The van der Waals surface area contributed by atoms with Crippen molar-refractivity contribution >= 4 is 11.3 Å². The molecule has 0 N–H and O–H groups in total. The lowest BCUT2D eigenvalue weighted by molar-refractivity contribution is -0.0817. The van der Waals surface area contributed by atoms with Crippen LogP contribution in [0.25, 0.3) is 10.8 Å². The van der Waals surface area contributed by atoms with Crippen molar-refractivity contribution in [1.82, 2.24) is 9.88 Å². The van der Waals surface area contributed by atoms with E-state index in [0.717, 1.165) is 41.9 Å². The number of aromatic nitrogens is 1. The van der Waals surface area contributed by atoms with E-state index in [1.807, 2.05) is 30.5 Å². The third-order valence-electron chi connectivity index (χ3n) is 4.51. The summed E-state index contributed by atoms with van der Waals surface area (Å²) in [6, 6.07) is 14.5. The molecule has 5 heteroatoms. The summed E-state index contributed by atoms with van der Waals surface area (Å²) >= 11 is 1.65. The average molecular weight is 354 g/mol. The molecule has 3 aromatic rings. The molecule has 4 rings (SSSR count). The molecule has 0 radical (unpaired) electrons.